The van der Waals surface area contributed by atoms with Gasteiger partial charge >= 0.3 is 5.97 Å². The number of carbonyl (C=O) groups excluding carboxylic acids is 3. The Hall–Kier alpha value is -1.39. The summed E-state index contributed by atoms with van der Waals surface area (Å²) in [6.45, 7) is 14.3. The van der Waals surface area contributed by atoms with E-state index in [4.69, 9.17) is 0 Å². The molecule has 0 aromatic heterocycles. The predicted octanol–water partition coefficient (Wildman–Crippen LogP) is 4.25. The molecule has 0 atom stereocenters. The topological polar surface area (TPSA) is 63.7 Å². The average molecular weight is 303 g/mol. The van der Waals surface area contributed by atoms with Crippen LogP contribution in [0.3, 0.4) is 0 Å². The molecule has 2 amide bonds. The first-order valence-corrected chi connectivity index (χ1v) is 7.96. The average Bonchev–Trinajstić information content (AvgIpc) is 2.73. The maximum atomic E-state index is 10.9. The van der Waals surface area contributed by atoms with Crippen molar-refractivity contribution in [2.24, 2.45) is 0 Å². The Morgan fingerprint density at radius 3 is 1.38 bits per heavy atom. The Labute approximate surface area is 130 Å². The normalized spacial score (nSPS) is 12.2. The van der Waals surface area contributed by atoms with E-state index < -0.39 is 17.8 Å². The van der Waals surface area contributed by atoms with Gasteiger partial charge in [-0.15, -0.1) is 5.06 Å². The van der Waals surface area contributed by atoms with Crippen molar-refractivity contribution < 1.29 is 19.2 Å². The second-order valence-electron chi connectivity index (χ2n) is 4.52. The first-order valence-electron chi connectivity index (χ1n) is 7.96. The smallest absolute Gasteiger partial charge is 0.330 e. The highest BCUT2D eigenvalue weighted by molar-refractivity contribution is 6.01. The highest BCUT2D eigenvalue weighted by Gasteiger charge is 2.32. The van der Waals surface area contributed by atoms with Gasteiger partial charge in [0.2, 0.25) is 0 Å². The summed E-state index contributed by atoms with van der Waals surface area (Å²) in [6, 6.07) is 0. The maximum absolute atomic E-state index is 10.9. The molecule has 5 nitrogen and oxygen atoms in total. The lowest BCUT2D eigenvalue weighted by atomic mass is 10.4. The number of hydrogen-bond acceptors (Lipinski definition) is 4. The molecule has 0 radical (unpaired) electrons. The molecule has 0 aliphatic carbocycles. The molecule has 0 N–H and O–H groups in total. The van der Waals surface area contributed by atoms with Gasteiger partial charge in [0.05, 0.1) is 0 Å². The molecular weight excluding hydrogens is 270 g/mol. The SMILES string of the molecule is CCC.CCC.CCC.CCC(=O)ON1C(=O)CCC1=O. The van der Waals surface area contributed by atoms with Gasteiger partial charge in [-0.25, -0.2) is 4.79 Å². The van der Waals surface area contributed by atoms with Crippen LogP contribution in [0.25, 0.3) is 0 Å². The second-order valence-corrected chi connectivity index (χ2v) is 4.52. The summed E-state index contributed by atoms with van der Waals surface area (Å²) in [4.78, 5) is 36.9. The molecular formula is C16H33NO4. The van der Waals surface area contributed by atoms with Crippen LogP contribution in [0.5, 0.6) is 0 Å². The Morgan fingerprint density at radius 1 is 0.857 bits per heavy atom. The second kappa shape index (κ2) is 18.6. The number of rotatable bonds is 2. The highest BCUT2D eigenvalue weighted by Crippen LogP contribution is 2.12. The summed E-state index contributed by atoms with van der Waals surface area (Å²) in [5.41, 5.74) is 0. The van der Waals surface area contributed by atoms with Crippen molar-refractivity contribution >= 4 is 17.8 Å². The van der Waals surface area contributed by atoms with Crippen LogP contribution < -0.4 is 0 Å². The zero-order valence-corrected chi connectivity index (χ0v) is 14.8. The molecule has 1 heterocycles. The standard InChI is InChI=1S/C7H9NO4.3C3H8/c1-2-7(11)12-8-5(9)3-4-6(8)10;3*1-3-2/h2-4H2,1H3;3*3H2,1-2H3. The third-order valence-corrected chi connectivity index (χ3v) is 1.49. The Morgan fingerprint density at radius 2 is 1.14 bits per heavy atom. The summed E-state index contributed by atoms with van der Waals surface area (Å²) < 4.78 is 0. The Balaban J connectivity index is -0.000000300. The zero-order chi connectivity index (χ0) is 17.3. The quantitative estimate of drug-likeness (QED) is 0.715. The van der Waals surface area contributed by atoms with Crippen molar-refractivity contribution in [1.29, 1.82) is 0 Å². The lowest BCUT2D eigenvalue weighted by molar-refractivity contribution is -0.197. The van der Waals surface area contributed by atoms with Crippen LogP contribution in [0, 0.1) is 0 Å². The molecule has 0 bridgehead atoms. The number of hydrogen-bond donors (Lipinski definition) is 0. The summed E-state index contributed by atoms with van der Waals surface area (Å²) >= 11 is 0. The fraction of sp³-hybridized carbons (Fsp3) is 0.812. The minimum Gasteiger partial charge on any atom is -0.330 e. The van der Waals surface area contributed by atoms with Gasteiger partial charge in [0, 0.05) is 19.3 Å². The van der Waals surface area contributed by atoms with E-state index in [1.165, 1.54) is 19.3 Å². The summed E-state index contributed by atoms with van der Waals surface area (Å²) in [6.07, 6.45) is 4.17. The van der Waals surface area contributed by atoms with Crippen LogP contribution in [0.15, 0.2) is 0 Å². The molecule has 126 valence electrons. The minimum atomic E-state index is -0.571. The van der Waals surface area contributed by atoms with Gasteiger partial charge in [0.25, 0.3) is 11.8 Å². The number of carbonyl (C=O) groups is 3. The molecule has 0 aromatic carbocycles. The number of amides is 2. The van der Waals surface area contributed by atoms with E-state index in [1.54, 1.807) is 6.92 Å². The largest absolute Gasteiger partial charge is 0.332 e. The van der Waals surface area contributed by atoms with Crippen molar-refractivity contribution in [2.45, 2.75) is 87.0 Å². The van der Waals surface area contributed by atoms with Gasteiger partial charge in [0.1, 0.15) is 0 Å². The van der Waals surface area contributed by atoms with E-state index >= 15 is 0 Å². The maximum Gasteiger partial charge on any atom is 0.332 e. The van der Waals surface area contributed by atoms with Crippen molar-refractivity contribution in [3.63, 3.8) is 0 Å². The van der Waals surface area contributed by atoms with Gasteiger partial charge in [-0.2, -0.15) is 0 Å². The summed E-state index contributed by atoms with van der Waals surface area (Å²) in [5, 5.41) is 0.547. The molecule has 1 aliphatic rings. The van der Waals surface area contributed by atoms with Gasteiger partial charge in [-0.05, 0) is 0 Å². The van der Waals surface area contributed by atoms with E-state index in [0.29, 0.717) is 5.06 Å². The minimum absolute atomic E-state index is 0.135. The third-order valence-electron chi connectivity index (χ3n) is 1.49. The van der Waals surface area contributed by atoms with E-state index in [1.807, 2.05) is 0 Å². The molecule has 0 spiro atoms. The monoisotopic (exact) mass is 303 g/mol. The highest BCUT2D eigenvalue weighted by atomic mass is 16.7. The predicted molar refractivity (Wildman–Crippen MR) is 85.4 cm³/mol. The van der Waals surface area contributed by atoms with Gasteiger partial charge in [-0.1, -0.05) is 67.7 Å². The van der Waals surface area contributed by atoms with Crippen LogP contribution in [0.4, 0.5) is 0 Å². The lowest BCUT2D eigenvalue weighted by Crippen LogP contribution is -2.31. The first-order chi connectivity index (χ1) is 9.89. The number of hydroxylamine groups is 2. The van der Waals surface area contributed by atoms with E-state index in [9.17, 15) is 14.4 Å². The van der Waals surface area contributed by atoms with Crippen molar-refractivity contribution in [1.82, 2.24) is 5.06 Å². The van der Waals surface area contributed by atoms with Gasteiger partial charge in [-0.3, -0.25) is 9.59 Å². The van der Waals surface area contributed by atoms with Crippen molar-refractivity contribution in [3.8, 4) is 0 Å². The Bertz CT molecular complexity index is 257. The summed E-state index contributed by atoms with van der Waals surface area (Å²) in [5.74, 6) is -1.46. The summed E-state index contributed by atoms with van der Waals surface area (Å²) in [7, 11) is 0. The fourth-order valence-corrected chi connectivity index (χ4v) is 0.824. The molecule has 0 aromatic rings. The molecule has 21 heavy (non-hydrogen) atoms. The molecule has 1 rings (SSSR count). The fourth-order valence-electron chi connectivity index (χ4n) is 0.824. The Kier molecular flexibility index (Phi) is 21.8. The lowest BCUT2D eigenvalue weighted by Gasteiger charge is -2.10. The number of nitrogens with zero attached hydrogens (tertiary/aromatic N) is 1. The van der Waals surface area contributed by atoms with E-state index in [2.05, 4.69) is 46.4 Å². The van der Waals surface area contributed by atoms with Gasteiger partial charge < -0.3 is 4.84 Å². The molecule has 0 saturated carbocycles. The van der Waals surface area contributed by atoms with Crippen LogP contribution in [-0.2, 0) is 19.2 Å². The third kappa shape index (κ3) is 16.6. The molecule has 5 heteroatoms. The molecule has 0 unspecified atom stereocenters. The van der Waals surface area contributed by atoms with Crippen molar-refractivity contribution in [3.05, 3.63) is 0 Å². The van der Waals surface area contributed by atoms with Crippen molar-refractivity contribution in [2.75, 3.05) is 0 Å². The zero-order valence-electron chi connectivity index (χ0n) is 14.8. The van der Waals surface area contributed by atoms with Crippen LogP contribution in [-0.4, -0.2) is 22.8 Å². The van der Waals surface area contributed by atoms with Crippen LogP contribution in [0.2, 0.25) is 0 Å². The van der Waals surface area contributed by atoms with Crippen LogP contribution in [0.1, 0.15) is 87.0 Å². The van der Waals surface area contributed by atoms with E-state index in [-0.39, 0.29) is 19.3 Å². The molecule has 1 saturated heterocycles. The number of imide groups is 1. The van der Waals surface area contributed by atoms with Gasteiger partial charge in [0.15, 0.2) is 0 Å². The molecule has 1 fully saturated rings. The van der Waals surface area contributed by atoms with E-state index in [0.717, 1.165) is 0 Å². The first kappa shape index (κ1) is 24.6. The van der Waals surface area contributed by atoms with Crippen LogP contribution >= 0.6 is 0 Å². The molecule has 1 aliphatic heterocycles.